The Hall–Kier alpha value is -2.97. The molecule has 0 saturated heterocycles. The Kier molecular flexibility index (Phi) is 6.79. The number of nitrogens with one attached hydrogen (secondary N) is 1. The molecule has 0 aliphatic carbocycles. The van der Waals surface area contributed by atoms with Crippen LogP contribution in [0.15, 0.2) is 59.9 Å². The molecule has 8 heteroatoms. The summed E-state index contributed by atoms with van der Waals surface area (Å²) in [6.45, 7) is 1.70. The van der Waals surface area contributed by atoms with E-state index in [1.54, 1.807) is 47.2 Å². The molecule has 0 atom stereocenters. The number of aromatic nitrogens is 2. The third-order valence-electron chi connectivity index (χ3n) is 4.23. The lowest BCUT2D eigenvalue weighted by atomic mass is 10.1. The van der Waals surface area contributed by atoms with Gasteiger partial charge in [-0.25, -0.2) is 9.37 Å². The van der Waals surface area contributed by atoms with Crippen molar-refractivity contribution in [3.63, 3.8) is 0 Å². The predicted octanol–water partition coefficient (Wildman–Crippen LogP) is 3.50. The number of nitrogens with zero attached hydrogens (tertiary/aromatic N) is 2. The van der Waals surface area contributed by atoms with Crippen molar-refractivity contribution in [3.8, 4) is 0 Å². The van der Waals surface area contributed by atoms with Gasteiger partial charge in [-0.15, -0.1) is 0 Å². The molecule has 1 amide bonds. The average molecular weight is 413 g/mol. The van der Waals surface area contributed by atoms with Crippen molar-refractivity contribution < 1.29 is 19.1 Å². The molecule has 0 bridgehead atoms. The number of anilines is 1. The number of rotatable bonds is 8. The highest BCUT2D eigenvalue weighted by molar-refractivity contribution is 7.99. The molecule has 1 heterocycles. The number of aliphatic hydroxyl groups is 1. The minimum absolute atomic E-state index is 0.0360. The lowest BCUT2D eigenvalue weighted by Gasteiger charge is -2.11. The van der Waals surface area contributed by atoms with Crippen molar-refractivity contribution in [3.05, 3.63) is 77.4 Å². The average Bonchev–Trinajstić information content (AvgIpc) is 3.10. The first-order chi connectivity index (χ1) is 14.0. The van der Waals surface area contributed by atoms with Gasteiger partial charge in [-0.2, -0.15) is 0 Å². The Labute approximate surface area is 171 Å². The summed E-state index contributed by atoms with van der Waals surface area (Å²) in [6.07, 6.45) is 1.56. The maximum atomic E-state index is 13.1. The second-order valence-electron chi connectivity index (χ2n) is 6.37. The van der Waals surface area contributed by atoms with Crippen LogP contribution in [-0.4, -0.2) is 32.1 Å². The van der Waals surface area contributed by atoms with Crippen molar-refractivity contribution in [1.29, 1.82) is 0 Å². The molecule has 29 heavy (non-hydrogen) atoms. The number of ketones is 1. The highest BCUT2D eigenvalue weighted by Gasteiger charge is 2.13. The van der Waals surface area contributed by atoms with Crippen molar-refractivity contribution in [2.24, 2.45) is 0 Å². The lowest BCUT2D eigenvalue weighted by molar-refractivity contribution is -0.113. The summed E-state index contributed by atoms with van der Waals surface area (Å²) in [6, 6.07) is 12.8. The highest BCUT2D eigenvalue weighted by atomic mass is 32.2. The molecule has 0 fully saturated rings. The number of carbonyl (C=O) groups is 2. The van der Waals surface area contributed by atoms with Crippen LogP contribution < -0.4 is 5.32 Å². The molecular weight excluding hydrogens is 393 g/mol. The summed E-state index contributed by atoms with van der Waals surface area (Å²) in [7, 11) is 0. The zero-order chi connectivity index (χ0) is 20.8. The van der Waals surface area contributed by atoms with E-state index in [1.807, 2.05) is 0 Å². The zero-order valence-electron chi connectivity index (χ0n) is 15.8. The Bertz CT molecular complexity index is 1000. The molecule has 0 saturated carbocycles. The molecule has 3 aromatic rings. The molecular formula is C21H20FN3O3S. The number of Topliss-reactive ketones (excluding diaryl/α,β-unsaturated/α-hetero) is 1. The predicted molar refractivity (Wildman–Crippen MR) is 109 cm³/mol. The fourth-order valence-electron chi connectivity index (χ4n) is 2.69. The van der Waals surface area contributed by atoms with E-state index in [9.17, 15) is 19.1 Å². The molecule has 150 valence electrons. The van der Waals surface area contributed by atoms with Gasteiger partial charge < -0.3 is 15.0 Å². The summed E-state index contributed by atoms with van der Waals surface area (Å²) in [5.41, 5.74) is 2.65. The van der Waals surface area contributed by atoms with Crippen molar-refractivity contribution in [2.45, 2.75) is 25.2 Å². The van der Waals surface area contributed by atoms with Crippen LogP contribution in [0.25, 0.3) is 0 Å². The number of imidazole rings is 1. The monoisotopic (exact) mass is 413 g/mol. The van der Waals surface area contributed by atoms with Gasteiger partial charge in [-0.1, -0.05) is 23.9 Å². The van der Waals surface area contributed by atoms with Crippen molar-refractivity contribution >= 4 is 29.1 Å². The molecule has 3 rings (SSSR count). The smallest absolute Gasteiger partial charge is 0.234 e. The second-order valence-corrected chi connectivity index (χ2v) is 7.32. The van der Waals surface area contributed by atoms with Crippen LogP contribution in [0, 0.1) is 5.82 Å². The van der Waals surface area contributed by atoms with Gasteiger partial charge in [0.1, 0.15) is 5.82 Å². The summed E-state index contributed by atoms with van der Waals surface area (Å²) in [5.74, 6) is -0.442. The molecule has 2 aromatic carbocycles. The van der Waals surface area contributed by atoms with Gasteiger partial charge in [-0.05, 0) is 48.9 Å². The van der Waals surface area contributed by atoms with Gasteiger partial charge in [0.05, 0.1) is 24.3 Å². The van der Waals surface area contributed by atoms with Crippen LogP contribution in [-0.2, 0) is 17.9 Å². The Morgan fingerprint density at radius 1 is 1.14 bits per heavy atom. The van der Waals surface area contributed by atoms with Crippen LogP contribution in [0.2, 0.25) is 0 Å². The van der Waals surface area contributed by atoms with Crippen LogP contribution >= 0.6 is 11.8 Å². The maximum Gasteiger partial charge on any atom is 0.234 e. The van der Waals surface area contributed by atoms with Crippen molar-refractivity contribution in [1.82, 2.24) is 9.55 Å². The van der Waals surface area contributed by atoms with E-state index in [2.05, 4.69) is 10.3 Å². The number of carbonyl (C=O) groups excluding carboxylic acids is 2. The van der Waals surface area contributed by atoms with Gasteiger partial charge in [0.15, 0.2) is 10.9 Å². The Morgan fingerprint density at radius 3 is 2.45 bits per heavy atom. The quantitative estimate of drug-likeness (QED) is 0.436. The lowest BCUT2D eigenvalue weighted by Crippen LogP contribution is -2.15. The second kappa shape index (κ2) is 9.49. The fourth-order valence-corrected chi connectivity index (χ4v) is 3.49. The largest absolute Gasteiger partial charge is 0.390 e. The van der Waals surface area contributed by atoms with E-state index in [0.29, 0.717) is 28.6 Å². The van der Waals surface area contributed by atoms with E-state index in [0.717, 1.165) is 5.56 Å². The van der Waals surface area contributed by atoms with E-state index in [-0.39, 0.29) is 29.9 Å². The summed E-state index contributed by atoms with van der Waals surface area (Å²) >= 11 is 1.24. The van der Waals surface area contributed by atoms with Gasteiger partial charge in [0, 0.05) is 17.8 Å². The van der Waals surface area contributed by atoms with E-state index >= 15 is 0 Å². The molecule has 0 aliphatic rings. The van der Waals surface area contributed by atoms with Crippen LogP contribution in [0.3, 0.4) is 0 Å². The van der Waals surface area contributed by atoms with Crippen LogP contribution in [0.5, 0.6) is 0 Å². The number of aliphatic hydroxyl groups excluding tert-OH is 1. The Balaban J connectivity index is 1.63. The number of thioether (sulfide) groups is 1. The number of halogens is 1. The summed E-state index contributed by atoms with van der Waals surface area (Å²) in [4.78, 5) is 27.9. The van der Waals surface area contributed by atoms with E-state index in [4.69, 9.17) is 0 Å². The molecule has 0 aliphatic heterocycles. The summed E-state index contributed by atoms with van der Waals surface area (Å²) < 4.78 is 14.9. The van der Waals surface area contributed by atoms with E-state index < -0.39 is 0 Å². The number of amides is 1. The normalized spacial score (nSPS) is 10.7. The zero-order valence-corrected chi connectivity index (χ0v) is 16.6. The van der Waals surface area contributed by atoms with Gasteiger partial charge >= 0.3 is 0 Å². The molecule has 6 nitrogen and oxygen atoms in total. The number of hydrogen-bond donors (Lipinski definition) is 2. The number of benzene rings is 2. The standard InChI is InChI=1S/C21H20FN3O3S/c1-14(27)16-4-8-18(9-5-16)24-20(28)13-29-21-23-10-19(12-26)25(21)11-15-2-6-17(22)7-3-15/h2-10,26H,11-13H2,1H3,(H,24,28). The number of hydrogen-bond acceptors (Lipinski definition) is 5. The van der Waals surface area contributed by atoms with E-state index in [1.165, 1.54) is 30.8 Å². The van der Waals surface area contributed by atoms with Gasteiger partial charge in [-0.3, -0.25) is 9.59 Å². The molecule has 0 spiro atoms. The highest BCUT2D eigenvalue weighted by Crippen LogP contribution is 2.21. The van der Waals surface area contributed by atoms with Crippen LogP contribution in [0.4, 0.5) is 10.1 Å². The maximum absolute atomic E-state index is 13.1. The minimum Gasteiger partial charge on any atom is -0.390 e. The molecule has 2 N–H and O–H groups in total. The van der Waals surface area contributed by atoms with Crippen LogP contribution in [0.1, 0.15) is 28.5 Å². The topological polar surface area (TPSA) is 84.2 Å². The SMILES string of the molecule is CC(=O)c1ccc(NC(=O)CSc2ncc(CO)n2Cc2ccc(F)cc2)cc1. The summed E-state index contributed by atoms with van der Waals surface area (Å²) in [5, 5.41) is 12.9. The third-order valence-corrected chi connectivity index (χ3v) is 5.22. The third kappa shape index (κ3) is 5.52. The first-order valence-electron chi connectivity index (χ1n) is 8.89. The Morgan fingerprint density at radius 2 is 1.83 bits per heavy atom. The molecule has 0 radical (unpaired) electrons. The minimum atomic E-state index is -0.315. The van der Waals surface area contributed by atoms with Gasteiger partial charge in [0.25, 0.3) is 0 Å². The first kappa shape index (κ1) is 20.8. The molecule has 0 unspecified atom stereocenters. The van der Waals surface area contributed by atoms with Gasteiger partial charge in [0.2, 0.25) is 5.91 Å². The molecule has 1 aromatic heterocycles. The fraction of sp³-hybridized carbons (Fsp3) is 0.190. The first-order valence-corrected chi connectivity index (χ1v) is 9.88. The van der Waals surface area contributed by atoms with Crippen molar-refractivity contribution in [2.75, 3.05) is 11.1 Å².